The maximum atomic E-state index is 11.7. The molecule has 1 fully saturated rings. The van der Waals surface area contributed by atoms with Gasteiger partial charge in [-0.05, 0) is 5.92 Å². The molecule has 1 rings (SSSR count). The van der Waals surface area contributed by atoms with Crippen LogP contribution in [0.2, 0.25) is 0 Å². The molecule has 0 aromatic carbocycles. The molecule has 3 amide bonds. The molecule has 0 aromatic heterocycles. The minimum Gasteiger partial charge on any atom is -0.320 e. The standard InChI is InChI=1S/C10H14N2O3/c1-6(2)4-8-10(15)12(7(3)13)5-9(14)11-8/h4,6H,5H2,1-3H3,(H,11,14)/b8-4+. The molecule has 0 atom stereocenters. The predicted molar refractivity (Wildman–Crippen MR) is 53.5 cm³/mol. The van der Waals surface area contributed by atoms with Crippen LogP contribution in [0.5, 0.6) is 0 Å². The number of carbonyl (C=O) groups excluding carboxylic acids is 3. The fourth-order valence-corrected chi connectivity index (χ4v) is 1.30. The Morgan fingerprint density at radius 1 is 1.47 bits per heavy atom. The number of hydrogen-bond acceptors (Lipinski definition) is 3. The summed E-state index contributed by atoms with van der Waals surface area (Å²) in [5.41, 5.74) is 0.191. The highest BCUT2D eigenvalue weighted by Gasteiger charge is 2.30. The number of nitrogens with zero attached hydrogens (tertiary/aromatic N) is 1. The van der Waals surface area contributed by atoms with E-state index in [0.29, 0.717) is 0 Å². The summed E-state index contributed by atoms with van der Waals surface area (Å²) in [5.74, 6) is -1.05. The van der Waals surface area contributed by atoms with Crippen molar-refractivity contribution in [1.82, 2.24) is 10.2 Å². The van der Waals surface area contributed by atoms with E-state index in [9.17, 15) is 14.4 Å². The zero-order valence-corrected chi connectivity index (χ0v) is 9.03. The van der Waals surface area contributed by atoms with Gasteiger partial charge in [0.25, 0.3) is 5.91 Å². The molecule has 0 radical (unpaired) electrons. The Labute approximate surface area is 88.1 Å². The lowest BCUT2D eigenvalue weighted by Gasteiger charge is -2.25. The van der Waals surface area contributed by atoms with Gasteiger partial charge in [0.05, 0.1) is 0 Å². The van der Waals surface area contributed by atoms with Gasteiger partial charge in [-0.2, -0.15) is 0 Å². The van der Waals surface area contributed by atoms with Gasteiger partial charge in [-0.15, -0.1) is 0 Å². The number of amides is 3. The van der Waals surface area contributed by atoms with Gasteiger partial charge in [-0.25, -0.2) is 0 Å². The molecule has 1 aliphatic rings. The molecular formula is C10H14N2O3. The highest BCUT2D eigenvalue weighted by molar-refractivity contribution is 6.10. The molecule has 1 N–H and O–H groups in total. The first kappa shape index (κ1) is 11.4. The Kier molecular flexibility index (Phi) is 3.24. The van der Waals surface area contributed by atoms with Crippen molar-refractivity contribution in [3.8, 4) is 0 Å². The Morgan fingerprint density at radius 3 is 2.53 bits per heavy atom. The van der Waals surface area contributed by atoms with Crippen LogP contribution < -0.4 is 5.32 Å². The average molecular weight is 210 g/mol. The lowest BCUT2D eigenvalue weighted by atomic mass is 10.1. The second kappa shape index (κ2) is 4.25. The van der Waals surface area contributed by atoms with Crippen LogP contribution in [0.25, 0.3) is 0 Å². The van der Waals surface area contributed by atoms with E-state index < -0.39 is 11.8 Å². The molecule has 1 saturated heterocycles. The third kappa shape index (κ3) is 2.65. The Bertz CT molecular complexity index is 345. The first-order valence-corrected chi connectivity index (χ1v) is 4.76. The monoisotopic (exact) mass is 210 g/mol. The lowest BCUT2D eigenvalue weighted by molar-refractivity contribution is -0.147. The van der Waals surface area contributed by atoms with Crippen molar-refractivity contribution in [1.29, 1.82) is 0 Å². The van der Waals surface area contributed by atoms with E-state index in [4.69, 9.17) is 0 Å². The Hall–Kier alpha value is -1.65. The molecule has 0 aromatic rings. The van der Waals surface area contributed by atoms with Crippen molar-refractivity contribution >= 4 is 17.7 Å². The van der Waals surface area contributed by atoms with E-state index in [2.05, 4.69) is 5.32 Å². The molecule has 82 valence electrons. The zero-order valence-electron chi connectivity index (χ0n) is 9.03. The van der Waals surface area contributed by atoms with Crippen molar-refractivity contribution in [2.75, 3.05) is 6.54 Å². The van der Waals surface area contributed by atoms with Crippen molar-refractivity contribution < 1.29 is 14.4 Å². The summed E-state index contributed by atoms with van der Waals surface area (Å²) in [6.45, 7) is 4.85. The summed E-state index contributed by atoms with van der Waals surface area (Å²) < 4.78 is 0. The van der Waals surface area contributed by atoms with Crippen LogP contribution >= 0.6 is 0 Å². The predicted octanol–water partition coefficient (Wildman–Crippen LogP) is 0.0312. The van der Waals surface area contributed by atoms with Gasteiger partial charge in [0.1, 0.15) is 12.2 Å². The van der Waals surface area contributed by atoms with Crippen LogP contribution in [0.3, 0.4) is 0 Å². The summed E-state index contributed by atoms with van der Waals surface area (Å²) in [5, 5.41) is 2.46. The highest BCUT2D eigenvalue weighted by atomic mass is 16.2. The van der Waals surface area contributed by atoms with E-state index in [-0.39, 0.29) is 24.1 Å². The van der Waals surface area contributed by atoms with E-state index in [1.54, 1.807) is 6.08 Å². The normalized spacial score (nSPS) is 19.7. The summed E-state index contributed by atoms with van der Waals surface area (Å²) in [4.78, 5) is 34.9. The van der Waals surface area contributed by atoms with Gasteiger partial charge in [0.15, 0.2) is 0 Å². The van der Waals surface area contributed by atoms with E-state index >= 15 is 0 Å². The smallest absolute Gasteiger partial charge is 0.277 e. The summed E-state index contributed by atoms with van der Waals surface area (Å²) in [7, 11) is 0. The van der Waals surface area contributed by atoms with Gasteiger partial charge in [0, 0.05) is 6.92 Å². The molecule has 15 heavy (non-hydrogen) atoms. The van der Waals surface area contributed by atoms with Crippen LogP contribution in [-0.2, 0) is 14.4 Å². The Balaban J connectivity index is 2.96. The molecule has 0 saturated carbocycles. The third-order valence-corrected chi connectivity index (χ3v) is 1.93. The minimum atomic E-state index is -0.434. The van der Waals surface area contributed by atoms with Crippen LogP contribution in [0.4, 0.5) is 0 Å². The van der Waals surface area contributed by atoms with Gasteiger partial charge >= 0.3 is 0 Å². The van der Waals surface area contributed by atoms with Gasteiger partial charge in [-0.3, -0.25) is 19.3 Å². The molecule has 0 aliphatic carbocycles. The molecule has 0 spiro atoms. The third-order valence-electron chi connectivity index (χ3n) is 1.93. The number of piperazine rings is 1. The molecule has 1 heterocycles. The van der Waals surface area contributed by atoms with Gasteiger partial charge in [0.2, 0.25) is 11.8 Å². The highest BCUT2D eigenvalue weighted by Crippen LogP contribution is 2.09. The average Bonchev–Trinajstić information content (AvgIpc) is 2.09. The fraction of sp³-hybridized carbons (Fsp3) is 0.500. The van der Waals surface area contributed by atoms with Crippen LogP contribution in [0, 0.1) is 5.92 Å². The lowest BCUT2D eigenvalue weighted by Crippen LogP contribution is -2.51. The van der Waals surface area contributed by atoms with Crippen molar-refractivity contribution in [3.05, 3.63) is 11.8 Å². The topological polar surface area (TPSA) is 66.5 Å². The first-order valence-electron chi connectivity index (χ1n) is 4.76. The molecule has 0 bridgehead atoms. The number of carbonyl (C=O) groups is 3. The summed E-state index contributed by atoms with van der Waals surface area (Å²) in [6.07, 6.45) is 1.63. The molecule has 5 nitrogen and oxygen atoms in total. The number of allylic oxidation sites excluding steroid dienone is 1. The van der Waals surface area contributed by atoms with Crippen LogP contribution in [0.15, 0.2) is 11.8 Å². The SMILES string of the molecule is CC(=O)N1CC(=O)N/C(=C/C(C)C)C1=O. The second-order valence-electron chi connectivity index (χ2n) is 3.78. The number of nitrogens with one attached hydrogen (secondary N) is 1. The minimum absolute atomic E-state index is 0.135. The second-order valence-corrected chi connectivity index (χ2v) is 3.78. The van der Waals surface area contributed by atoms with Crippen LogP contribution in [-0.4, -0.2) is 29.2 Å². The van der Waals surface area contributed by atoms with Crippen LogP contribution in [0.1, 0.15) is 20.8 Å². The molecule has 0 unspecified atom stereocenters. The molecular weight excluding hydrogens is 196 g/mol. The quantitative estimate of drug-likeness (QED) is 0.621. The van der Waals surface area contributed by atoms with Crippen molar-refractivity contribution in [2.45, 2.75) is 20.8 Å². The fourth-order valence-electron chi connectivity index (χ4n) is 1.30. The molecule has 1 aliphatic heterocycles. The van der Waals surface area contributed by atoms with E-state index in [0.717, 1.165) is 4.90 Å². The largest absolute Gasteiger partial charge is 0.320 e. The summed E-state index contributed by atoms with van der Waals surface area (Å²) in [6, 6.07) is 0. The van der Waals surface area contributed by atoms with Gasteiger partial charge < -0.3 is 5.32 Å². The zero-order chi connectivity index (χ0) is 11.6. The number of rotatable bonds is 1. The van der Waals surface area contributed by atoms with Crippen molar-refractivity contribution in [3.63, 3.8) is 0 Å². The summed E-state index contributed by atoms with van der Waals surface area (Å²) >= 11 is 0. The van der Waals surface area contributed by atoms with E-state index in [1.807, 2.05) is 13.8 Å². The number of imide groups is 1. The maximum absolute atomic E-state index is 11.7. The first-order chi connectivity index (χ1) is 6.91. The van der Waals surface area contributed by atoms with Gasteiger partial charge in [-0.1, -0.05) is 19.9 Å². The van der Waals surface area contributed by atoms with Crippen molar-refractivity contribution in [2.24, 2.45) is 5.92 Å². The Morgan fingerprint density at radius 2 is 2.07 bits per heavy atom. The molecule has 5 heteroatoms. The number of hydrogen-bond donors (Lipinski definition) is 1. The maximum Gasteiger partial charge on any atom is 0.277 e. The van der Waals surface area contributed by atoms with E-state index in [1.165, 1.54) is 6.92 Å².